The van der Waals surface area contributed by atoms with E-state index in [1.54, 1.807) is 13.0 Å². The third kappa shape index (κ3) is 2.88. The summed E-state index contributed by atoms with van der Waals surface area (Å²) in [6, 6.07) is 4.46. The fourth-order valence-electron chi connectivity index (χ4n) is 2.36. The lowest BCUT2D eigenvalue weighted by Crippen LogP contribution is -2.20. The molecule has 0 amide bonds. The van der Waals surface area contributed by atoms with E-state index in [4.69, 9.17) is 4.52 Å². The number of aliphatic hydroxyl groups excluding tert-OH is 1. The first-order chi connectivity index (χ1) is 9.40. The molecule has 5 heteroatoms. The van der Waals surface area contributed by atoms with Crippen LogP contribution >= 0.6 is 0 Å². The highest BCUT2D eigenvalue weighted by Gasteiger charge is 2.27. The molecule has 0 radical (unpaired) electrons. The minimum absolute atomic E-state index is 0.164. The van der Waals surface area contributed by atoms with E-state index in [1.807, 2.05) is 20.8 Å². The summed E-state index contributed by atoms with van der Waals surface area (Å²) in [6.45, 7) is 7.52. The van der Waals surface area contributed by atoms with E-state index in [2.05, 4.69) is 10.1 Å². The van der Waals surface area contributed by atoms with E-state index in [0.29, 0.717) is 17.3 Å². The molecule has 0 saturated carbocycles. The van der Waals surface area contributed by atoms with Crippen molar-refractivity contribution in [2.24, 2.45) is 5.92 Å². The van der Waals surface area contributed by atoms with Crippen molar-refractivity contribution in [3.8, 4) is 11.4 Å². The number of aliphatic hydroxyl groups is 1. The van der Waals surface area contributed by atoms with E-state index in [1.165, 1.54) is 12.1 Å². The third-order valence-corrected chi connectivity index (χ3v) is 3.41. The largest absolute Gasteiger partial charge is 0.393 e. The van der Waals surface area contributed by atoms with Gasteiger partial charge in [0.1, 0.15) is 5.82 Å². The van der Waals surface area contributed by atoms with Gasteiger partial charge in [-0.25, -0.2) is 4.39 Å². The second-order valence-corrected chi connectivity index (χ2v) is 5.43. The van der Waals surface area contributed by atoms with Crippen molar-refractivity contribution in [2.45, 2.75) is 39.7 Å². The fraction of sp³-hybridized carbons (Fsp3) is 0.467. The van der Waals surface area contributed by atoms with Crippen molar-refractivity contribution in [1.82, 2.24) is 10.1 Å². The second-order valence-electron chi connectivity index (χ2n) is 5.43. The molecule has 0 aliphatic carbocycles. The maximum Gasteiger partial charge on any atom is 0.232 e. The summed E-state index contributed by atoms with van der Waals surface area (Å²) >= 11 is 0. The van der Waals surface area contributed by atoms with Gasteiger partial charge in [0.2, 0.25) is 11.7 Å². The molecule has 4 nitrogen and oxygen atoms in total. The van der Waals surface area contributed by atoms with E-state index in [9.17, 15) is 9.50 Å². The molecule has 108 valence electrons. The fourth-order valence-corrected chi connectivity index (χ4v) is 2.36. The highest BCUT2D eigenvalue weighted by atomic mass is 19.1. The van der Waals surface area contributed by atoms with E-state index in [-0.39, 0.29) is 17.7 Å². The second kappa shape index (κ2) is 5.71. The van der Waals surface area contributed by atoms with Gasteiger partial charge in [-0.1, -0.05) is 25.1 Å². The topological polar surface area (TPSA) is 59.2 Å². The van der Waals surface area contributed by atoms with Crippen molar-refractivity contribution in [2.75, 3.05) is 0 Å². The van der Waals surface area contributed by atoms with Crippen molar-refractivity contribution in [1.29, 1.82) is 0 Å². The van der Waals surface area contributed by atoms with E-state index >= 15 is 0 Å². The number of benzene rings is 1. The number of hydrogen-bond acceptors (Lipinski definition) is 4. The van der Waals surface area contributed by atoms with Crippen LogP contribution in [0.1, 0.15) is 38.1 Å². The number of aryl methyl sites for hydroxylation is 1. The van der Waals surface area contributed by atoms with Gasteiger partial charge in [0.25, 0.3) is 0 Å². The molecule has 0 spiro atoms. The monoisotopic (exact) mass is 278 g/mol. The Bertz CT molecular complexity index is 585. The lowest BCUT2D eigenvalue weighted by atomic mass is 9.91. The molecular weight excluding hydrogens is 259 g/mol. The zero-order valence-corrected chi connectivity index (χ0v) is 12.1. The summed E-state index contributed by atoms with van der Waals surface area (Å²) in [7, 11) is 0. The Morgan fingerprint density at radius 1 is 1.25 bits per heavy atom. The lowest BCUT2D eigenvalue weighted by molar-refractivity contribution is 0.120. The maximum atomic E-state index is 13.3. The Morgan fingerprint density at radius 3 is 2.55 bits per heavy atom. The highest BCUT2D eigenvalue weighted by molar-refractivity contribution is 5.59. The normalized spacial score (nSPS) is 14.6. The molecule has 2 atom stereocenters. The van der Waals surface area contributed by atoms with Gasteiger partial charge < -0.3 is 9.63 Å². The van der Waals surface area contributed by atoms with Crippen LogP contribution in [0.2, 0.25) is 0 Å². The first-order valence-corrected chi connectivity index (χ1v) is 6.68. The average Bonchev–Trinajstić information content (AvgIpc) is 2.80. The molecule has 0 bridgehead atoms. The van der Waals surface area contributed by atoms with Crippen LogP contribution in [0.3, 0.4) is 0 Å². The Kier molecular flexibility index (Phi) is 4.18. The molecule has 1 N–H and O–H groups in total. The molecule has 1 aromatic carbocycles. The predicted octanol–water partition coefficient (Wildman–Crippen LogP) is 3.30. The summed E-state index contributed by atoms with van der Waals surface area (Å²) in [4.78, 5) is 4.32. The van der Waals surface area contributed by atoms with Gasteiger partial charge in [0.05, 0.1) is 12.0 Å². The lowest BCUT2D eigenvalue weighted by Gasteiger charge is -2.19. The number of hydrogen-bond donors (Lipinski definition) is 1. The zero-order chi connectivity index (χ0) is 14.9. The summed E-state index contributed by atoms with van der Waals surface area (Å²) in [5.74, 6) is 0.326. The van der Waals surface area contributed by atoms with E-state index in [0.717, 1.165) is 5.56 Å². The van der Waals surface area contributed by atoms with E-state index < -0.39 is 6.10 Å². The zero-order valence-electron chi connectivity index (χ0n) is 12.1. The maximum absolute atomic E-state index is 13.3. The predicted molar refractivity (Wildman–Crippen MR) is 73.7 cm³/mol. The molecule has 0 aliphatic rings. The van der Waals surface area contributed by atoms with Gasteiger partial charge in [-0.2, -0.15) is 4.98 Å². The van der Waals surface area contributed by atoms with Crippen LogP contribution in [0.4, 0.5) is 4.39 Å². The molecule has 2 aromatic rings. The van der Waals surface area contributed by atoms with Crippen molar-refractivity contribution >= 4 is 0 Å². The van der Waals surface area contributed by atoms with Crippen LogP contribution in [0.25, 0.3) is 11.4 Å². The molecule has 1 aromatic heterocycles. The first kappa shape index (κ1) is 14.7. The van der Waals surface area contributed by atoms with Gasteiger partial charge >= 0.3 is 0 Å². The minimum atomic E-state index is -0.586. The summed E-state index contributed by atoms with van der Waals surface area (Å²) in [5.41, 5.74) is 1.48. The molecular formula is C15H19FN2O2. The van der Waals surface area contributed by atoms with Crippen LogP contribution in [-0.2, 0) is 0 Å². The third-order valence-electron chi connectivity index (χ3n) is 3.41. The molecule has 1 heterocycles. The Labute approximate surface area is 117 Å². The number of nitrogens with zero attached hydrogens (tertiary/aromatic N) is 2. The van der Waals surface area contributed by atoms with Crippen LogP contribution in [-0.4, -0.2) is 21.4 Å². The molecule has 0 aliphatic heterocycles. The van der Waals surface area contributed by atoms with Crippen LogP contribution in [0.5, 0.6) is 0 Å². The van der Waals surface area contributed by atoms with Crippen LogP contribution < -0.4 is 0 Å². The highest BCUT2D eigenvalue weighted by Crippen LogP contribution is 2.29. The SMILES string of the molecule is Cc1ccc(F)cc1-c1noc(C(C(C)C)C(C)O)n1. The number of aromatic nitrogens is 2. The molecule has 20 heavy (non-hydrogen) atoms. The van der Waals surface area contributed by atoms with Crippen LogP contribution in [0, 0.1) is 18.7 Å². The smallest absolute Gasteiger partial charge is 0.232 e. The van der Waals surface area contributed by atoms with Crippen molar-refractivity contribution in [3.05, 3.63) is 35.5 Å². The molecule has 0 fully saturated rings. The van der Waals surface area contributed by atoms with Gasteiger partial charge in [0.15, 0.2) is 0 Å². The standard InChI is InChI=1S/C15H19FN2O2/c1-8(2)13(10(4)19)15-17-14(18-20-15)12-7-11(16)6-5-9(12)3/h5-8,10,13,19H,1-4H3. The van der Waals surface area contributed by atoms with Crippen LogP contribution in [0.15, 0.2) is 22.7 Å². The Morgan fingerprint density at radius 2 is 1.95 bits per heavy atom. The van der Waals surface area contributed by atoms with Crippen molar-refractivity contribution in [3.63, 3.8) is 0 Å². The average molecular weight is 278 g/mol. The number of rotatable bonds is 4. The summed E-state index contributed by atoms with van der Waals surface area (Å²) in [6.07, 6.45) is -0.586. The summed E-state index contributed by atoms with van der Waals surface area (Å²) < 4.78 is 18.6. The molecule has 2 unspecified atom stereocenters. The molecule has 0 saturated heterocycles. The van der Waals surface area contributed by atoms with Gasteiger partial charge in [-0.3, -0.25) is 0 Å². The Hall–Kier alpha value is -1.75. The van der Waals surface area contributed by atoms with Gasteiger partial charge in [-0.05, 0) is 37.5 Å². The van der Waals surface area contributed by atoms with Gasteiger partial charge in [0, 0.05) is 5.56 Å². The van der Waals surface area contributed by atoms with Crippen molar-refractivity contribution < 1.29 is 14.0 Å². The summed E-state index contributed by atoms with van der Waals surface area (Å²) in [5, 5.41) is 13.7. The minimum Gasteiger partial charge on any atom is -0.393 e. The quantitative estimate of drug-likeness (QED) is 0.932. The first-order valence-electron chi connectivity index (χ1n) is 6.68. The number of halogens is 1. The van der Waals surface area contributed by atoms with Gasteiger partial charge in [-0.15, -0.1) is 0 Å². The Balaban J connectivity index is 2.40. The molecule has 2 rings (SSSR count).